The monoisotopic (exact) mass is 453 g/mol. The fourth-order valence-electron chi connectivity index (χ4n) is 3.93. The van der Waals surface area contributed by atoms with Crippen LogP contribution in [0.2, 0.25) is 5.02 Å². The number of carbonyl (C=O) groups is 3. The summed E-state index contributed by atoms with van der Waals surface area (Å²) in [5.74, 6) is -0.226. The first-order chi connectivity index (χ1) is 14.8. The molecule has 2 aliphatic rings. The van der Waals surface area contributed by atoms with Crippen LogP contribution in [0.5, 0.6) is 5.75 Å². The molecule has 3 atom stereocenters. The van der Waals surface area contributed by atoms with Crippen LogP contribution in [0.1, 0.15) is 29.6 Å². The van der Waals surface area contributed by atoms with Crippen molar-refractivity contribution in [3.8, 4) is 5.75 Å². The Morgan fingerprint density at radius 2 is 2.13 bits per heavy atom. The fourth-order valence-corrected chi connectivity index (χ4v) is 4.09. The van der Waals surface area contributed by atoms with E-state index in [0.29, 0.717) is 36.4 Å². The number of benzene rings is 1. The van der Waals surface area contributed by atoms with E-state index in [4.69, 9.17) is 26.8 Å². The lowest BCUT2D eigenvalue weighted by molar-refractivity contribution is -0.120. The predicted octanol–water partition coefficient (Wildman–Crippen LogP) is 0.738. The Bertz CT molecular complexity index is 851. The topological polar surface area (TPSA) is 135 Å². The Kier molecular flexibility index (Phi) is 7.58. The summed E-state index contributed by atoms with van der Waals surface area (Å²) in [6, 6.07) is 1.95. The predicted molar refractivity (Wildman–Crippen MR) is 115 cm³/mol. The maximum atomic E-state index is 12.8. The quantitative estimate of drug-likeness (QED) is 0.336. The molecule has 1 aromatic rings. The van der Waals surface area contributed by atoms with Crippen molar-refractivity contribution >= 4 is 35.1 Å². The number of likely N-dealkylation sites (tertiary alicyclic amines) is 1. The van der Waals surface area contributed by atoms with Gasteiger partial charge >= 0.3 is 6.03 Å². The molecule has 2 heterocycles. The third-order valence-electron chi connectivity index (χ3n) is 5.65. The number of nitrogen functional groups attached to an aromatic ring is 1. The standard InChI is InChI=1S/C20H28ClN5O5/c1-30-16-9-13(22)12(21)8-11(16)18(27)23-14-5-7-26(10-17(14)31-2)6-3-4-15-19(28)25-20(29)24-15/h8-9,14-15,17H,3-7,10,22H2,1-2H3,(H,23,27)(H2,24,25,28,29). The van der Waals surface area contributed by atoms with Gasteiger partial charge in [-0.2, -0.15) is 0 Å². The summed E-state index contributed by atoms with van der Waals surface area (Å²) in [5, 5.41) is 8.15. The SMILES string of the molecule is COc1cc(N)c(Cl)cc1C(=O)NC1CCN(CCCC2NC(=O)NC2=O)CC1OC. The average molecular weight is 454 g/mol. The van der Waals surface area contributed by atoms with Gasteiger partial charge in [-0.05, 0) is 31.9 Å². The maximum Gasteiger partial charge on any atom is 0.322 e. The zero-order valence-corrected chi connectivity index (χ0v) is 18.3. The number of rotatable bonds is 8. The van der Waals surface area contributed by atoms with Gasteiger partial charge in [0, 0.05) is 26.3 Å². The lowest BCUT2D eigenvalue weighted by Crippen LogP contribution is -2.55. The summed E-state index contributed by atoms with van der Waals surface area (Å²) in [4.78, 5) is 37.9. The van der Waals surface area contributed by atoms with E-state index in [1.807, 2.05) is 0 Å². The normalized spacial score (nSPS) is 23.9. The molecule has 4 amide bonds. The molecule has 2 fully saturated rings. The molecule has 5 N–H and O–H groups in total. The molecule has 0 aromatic heterocycles. The van der Waals surface area contributed by atoms with Gasteiger partial charge in [-0.3, -0.25) is 14.9 Å². The molecule has 0 bridgehead atoms. The number of anilines is 1. The van der Waals surface area contributed by atoms with Gasteiger partial charge in [-0.15, -0.1) is 0 Å². The Morgan fingerprint density at radius 3 is 2.77 bits per heavy atom. The van der Waals surface area contributed by atoms with Crippen LogP contribution in [0.3, 0.4) is 0 Å². The van der Waals surface area contributed by atoms with E-state index in [1.165, 1.54) is 19.2 Å². The minimum Gasteiger partial charge on any atom is -0.496 e. The number of ether oxygens (including phenoxy) is 2. The molecular formula is C20H28ClN5O5. The number of nitrogens with two attached hydrogens (primary N) is 1. The Hall–Kier alpha value is -2.56. The number of piperidine rings is 1. The zero-order valence-electron chi connectivity index (χ0n) is 17.6. The molecule has 0 aliphatic carbocycles. The first kappa shape index (κ1) is 23.1. The van der Waals surface area contributed by atoms with E-state index >= 15 is 0 Å². The first-order valence-corrected chi connectivity index (χ1v) is 10.5. The van der Waals surface area contributed by atoms with Crippen molar-refractivity contribution < 1.29 is 23.9 Å². The Morgan fingerprint density at radius 1 is 1.35 bits per heavy atom. The number of amides is 4. The number of urea groups is 1. The van der Waals surface area contributed by atoms with Gasteiger partial charge in [0.25, 0.3) is 11.8 Å². The molecule has 3 rings (SSSR count). The number of nitrogens with zero attached hydrogens (tertiary/aromatic N) is 1. The molecule has 0 saturated carbocycles. The molecule has 0 radical (unpaired) electrons. The van der Waals surface area contributed by atoms with Crippen molar-refractivity contribution in [2.45, 2.75) is 37.5 Å². The molecule has 2 aliphatic heterocycles. The largest absolute Gasteiger partial charge is 0.496 e. The molecule has 0 spiro atoms. The van der Waals surface area contributed by atoms with Crippen LogP contribution in [-0.4, -0.2) is 74.8 Å². The average Bonchev–Trinajstić information content (AvgIpc) is 3.07. The molecule has 3 unspecified atom stereocenters. The third-order valence-corrected chi connectivity index (χ3v) is 5.98. The van der Waals surface area contributed by atoms with E-state index in [0.717, 1.165) is 19.5 Å². The van der Waals surface area contributed by atoms with Gasteiger partial charge in [0.05, 0.1) is 35.5 Å². The summed E-state index contributed by atoms with van der Waals surface area (Å²) in [5.41, 5.74) is 6.45. The van der Waals surface area contributed by atoms with Crippen molar-refractivity contribution in [2.75, 3.05) is 39.6 Å². The second-order valence-electron chi connectivity index (χ2n) is 7.67. The smallest absolute Gasteiger partial charge is 0.322 e. The summed E-state index contributed by atoms with van der Waals surface area (Å²) >= 11 is 6.08. The van der Waals surface area contributed by atoms with E-state index in [9.17, 15) is 14.4 Å². The molecule has 170 valence electrons. The number of hydrogen-bond acceptors (Lipinski definition) is 7. The van der Waals surface area contributed by atoms with Crippen molar-refractivity contribution in [3.05, 3.63) is 22.7 Å². The Balaban J connectivity index is 1.53. The highest BCUT2D eigenvalue weighted by Crippen LogP contribution is 2.29. The highest BCUT2D eigenvalue weighted by molar-refractivity contribution is 6.33. The Labute approximate surface area is 185 Å². The summed E-state index contributed by atoms with van der Waals surface area (Å²) < 4.78 is 10.9. The van der Waals surface area contributed by atoms with Gasteiger partial charge in [0.2, 0.25) is 0 Å². The van der Waals surface area contributed by atoms with Gasteiger partial charge in [-0.1, -0.05) is 11.6 Å². The molecule has 31 heavy (non-hydrogen) atoms. The number of imide groups is 1. The van der Waals surface area contributed by atoms with Gasteiger partial charge in [0.15, 0.2) is 0 Å². The second-order valence-corrected chi connectivity index (χ2v) is 8.08. The van der Waals surface area contributed by atoms with Gasteiger partial charge in [0.1, 0.15) is 11.8 Å². The minimum absolute atomic E-state index is 0.172. The van der Waals surface area contributed by atoms with E-state index < -0.39 is 12.1 Å². The number of hydrogen-bond donors (Lipinski definition) is 4. The number of halogens is 1. The highest BCUT2D eigenvalue weighted by atomic mass is 35.5. The second kappa shape index (κ2) is 10.2. The maximum absolute atomic E-state index is 12.8. The van der Waals surface area contributed by atoms with Crippen molar-refractivity contribution in [2.24, 2.45) is 0 Å². The molecule has 11 heteroatoms. The van der Waals surface area contributed by atoms with Crippen LogP contribution in [0.25, 0.3) is 0 Å². The summed E-state index contributed by atoms with van der Waals surface area (Å²) in [6.45, 7) is 2.18. The summed E-state index contributed by atoms with van der Waals surface area (Å²) in [6.07, 6.45) is 1.84. The number of carbonyl (C=O) groups excluding carboxylic acids is 3. The lowest BCUT2D eigenvalue weighted by Gasteiger charge is -2.38. The van der Waals surface area contributed by atoms with Crippen molar-refractivity contribution in [3.63, 3.8) is 0 Å². The number of nitrogens with one attached hydrogen (secondary N) is 3. The molecule has 1 aromatic carbocycles. The summed E-state index contributed by atoms with van der Waals surface area (Å²) in [7, 11) is 3.09. The van der Waals surface area contributed by atoms with Crippen molar-refractivity contribution in [1.29, 1.82) is 0 Å². The lowest BCUT2D eigenvalue weighted by atomic mass is 10.00. The highest BCUT2D eigenvalue weighted by Gasteiger charge is 2.32. The molecular weight excluding hydrogens is 426 g/mol. The van der Waals surface area contributed by atoms with E-state index in [1.54, 1.807) is 7.11 Å². The number of methoxy groups -OCH3 is 2. The molecule has 2 saturated heterocycles. The van der Waals surface area contributed by atoms with E-state index in [-0.39, 0.29) is 29.0 Å². The van der Waals surface area contributed by atoms with Crippen LogP contribution in [0.15, 0.2) is 12.1 Å². The van der Waals surface area contributed by atoms with Gasteiger partial charge in [-0.25, -0.2) is 4.79 Å². The van der Waals surface area contributed by atoms with Crippen LogP contribution in [-0.2, 0) is 9.53 Å². The van der Waals surface area contributed by atoms with Crippen LogP contribution in [0, 0.1) is 0 Å². The van der Waals surface area contributed by atoms with Crippen LogP contribution >= 0.6 is 11.6 Å². The first-order valence-electron chi connectivity index (χ1n) is 10.1. The third kappa shape index (κ3) is 5.57. The fraction of sp³-hybridized carbons (Fsp3) is 0.550. The molecule has 10 nitrogen and oxygen atoms in total. The van der Waals surface area contributed by atoms with Crippen LogP contribution < -0.4 is 26.4 Å². The zero-order chi connectivity index (χ0) is 22.5. The van der Waals surface area contributed by atoms with Gasteiger partial charge < -0.3 is 30.7 Å². The van der Waals surface area contributed by atoms with Crippen LogP contribution in [0.4, 0.5) is 10.5 Å². The van der Waals surface area contributed by atoms with E-state index in [2.05, 4.69) is 20.9 Å². The van der Waals surface area contributed by atoms with Crippen molar-refractivity contribution in [1.82, 2.24) is 20.9 Å². The minimum atomic E-state index is -0.468.